The van der Waals surface area contributed by atoms with Crippen molar-refractivity contribution >= 4 is 28.1 Å². The van der Waals surface area contributed by atoms with Crippen LogP contribution in [0.3, 0.4) is 0 Å². The van der Waals surface area contributed by atoms with Gasteiger partial charge in [0.2, 0.25) is 0 Å². The Labute approximate surface area is 254 Å². The minimum atomic E-state index is -0.588. The predicted octanol–water partition coefficient (Wildman–Crippen LogP) is 4.67. The normalized spacial score (nSPS) is 12.0. The van der Waals surface area contributed by atoms with E-state index in [0.717, 1.165) is 17.0 Å². The van der Waals surface area contributed by atoms with E-state index in [1.165, 1.54) is 4.52 Å². The third-order valence-corrected chi connectivity index (χ3v) is 7.80. The van der Waals surface area contributed by atoms with Gasteiger partial charge in [-0.15, -0.1) is 5.10 Å². The minimum Gasteiger partial charge on any atom is -0.381 e. The molecule has 0 aliphatic carbocycles. The Bertz CT molecular complexity index is 2180. The van der Waals surface area contributed by atoms with Crippen molar-refractivity contribution < 1.29 is 4.79 Å². The van der Waals surface area contributed by atoms with Gasteiger partial charge >= 0.3 is 0 Å². The first-order chi connectivity index (χ1) is 21.1. The third kappa shape index (κ3) is 4.98. The number of amides is 1. The first-order valence-corrected chi connectivity index (χ1v) is 14.3. The number of nitrogens with one attached hydrogen (secondary N) is 1. The lowest BCUT2D eigenvalue weighted by molar-refractivity contribution is 0.0941. The van der Waals surface area contributed by atoms with Crippen molar-refractivity contribution in [2.75, 3.05) is 5.73 Å². The molecular weight excluding hydrogens is 552 g/mol. The second kappa shape index (κ2) is 11.2. The monoisotopic (exact) mass is 584 g/mol. The molecule has 0 saturated heterocycles. The zero-order valence-corrected chi connectivity index (χ0v) is 25.2. The Morgan fingerprint density at radius 3 is 2.45 bits per heavy atom. The van der Waals surface area contributed by atoms with Crippen molar-refractivity contribution in [1.29, 1.82) is 0 Å². The number of hydrogen-bond acceptors (Lipinski definition) is 6. The van der Waals surface area contributed by atoms with E-state index in [0.29, 0.717) is 33.4 Å². The van der Waals surface area contributed by atoms with Crippen LogP contribution in [0, 0.1) is 18.8 Å². The number of rotatable bonds is 5. The molecule has 6 rings (SSSR count). The number of nitrogen functional groups attached to an aromatic ring is 1. The molecule has 0 aliphatic rings. The van der Waals surface area contributed by atoms with Gasteiger partial charge in [-0.1, -0.05) is 56.0 Å². The van der Waals surface area contributed by atoms with Crippen LogP contribution in [0.2, 0.25) is 0 Å². The number of carbonyl (C=O) groups excluding carboxylic acids is 1. The Balaban J connectivity index is 1.46. The van der Waals surface area contributed by atoms with Crippen LogP contribution < -0.4 is 16.6 Å². The minimum absolute atomic E-state index is 0.0779. The summed E-state index contributed by atoms with van der Waals surface area (Å²) < 4.78 is 4.89. The predicted molar refractivity (Wildman–Crippen MR) is 171 cm³/mol. The summed E-state index contributed by atoms with van der Waals surface area (Å²) in [5.74, 6) is 6.17. The number of nitrogens with two attached hydrogens (primary N) is 1. The van der Waals surface area contributed by atoms with Gasteiger partial charge in [0.1, 0.15) is 5.56 Å². The summed E-state index contributed by atoms with van der Waals surface area (Å²) in [4.78, 5) is 32.7. The van der Waals surface area contributed by atoms with Crippen molar-refractivity contribution in [2.24, 2.45) is 7.05 Å². The van der Waals surface area contributed by atoms with Crippen molar-refractivity contribution in [3.63, 3.8) is 0 Å². The summed E-state index contributed by atoms with van der Waals surface area (Å²) in [6.45, 7) is 7.84. The first-order valence-electron chi connectivity index (χ1n) is 14.3. The number of aryl methyl sites for hydroxylation is 1. The molecule has 4 aromatic heterocycles. The van der Waals surface area contributed by atoms with Gasteiger partial charge in [-0.05, 0) is 55.5 Å². The first kappa shape index (κ1) is 28.4. The van der Waals surface area contributed by atoms with Gasteiger partial charge in [0.25, 0.3) is 11.5 Å². The van der Waals surface area contributed by atoms with Crippen LogP contribution in [0.5, 0.6) is 0 Å². The number of carbonyl (C=O) groups is 1. The molecule has 6 aromatic rings. The standard InChI is InChI=1S/C34H32N8O2/c1-20(2)27-16-17-41-32(38-27)30(31(35)39-41)33(43)37-21(3)28-18-24-11-9-10-23(14-15-25-19-36-40(5)22(25)4)29(24)34(44)42(28)26-12-7-6-8-13-26/h6-13,16-21H,1-5H3,(H2,35,39)(H,37,43)/t21-/m1/s1. The van der Waals surface area contributed by atoms with E-state index in [1.807, 2.05) is 95.4 Å². The highest BCUT2D eigenvalue weighted by Gasteiger charge is 2.24. The van der Waals surface area contributed by atoms with Gasteiger partial charge < -0.3 is 11.1 Å². The average molecular weight is 585 g/mol. The SMILES string of the molecule is Cc1c(C#Cc2cccc3cc([C@@H](C)NC(=O)c4c(N)nn5ccc(C(C)C)nc45)n(-c4ccccc4)c(=O)c23)cnn1C. The molecule has 0 unspecified atom stereocenters. The number of anilines is 1. The maximum absolute atomic E-state index is 14.3. The van der Waals surface area contributed by atoms with Gasteiger partial charge in [-0.25, -0.2) is 9.50 Å². The molecule has 2 aromatic carbocycles. The molecule has 220 valence electrons. The summed E-state index contributed by atoms with van der Waals surface area (Å²) in [6, 6.07) is 18.1. The Morgan fingerprint density at radius 2 is 1.75 bits per heavy atom. The van der Waals surface area contributed by atoms with E-state index < -0.39 is 11.9 Å². The van der Waals surface area contributed by atoms with E-state index >= 15 is 0 Å². The topological polar surface area (TPSA) is 125 Å². The van der Waals surface area contributed by atoms with E-state index in [4.69, 9.17) is 5.73 Å². The van der Waals surface area contributed by atoms with Crippen LogP contribution >= 0.6 is 0 Å². The molecule has 10 heteroatoms. The number of pyridine rings is 1. The van der Waals surface area contributed by atoms with Crippen molar-refractivity contribution in [1.82, 2.24) is 34.3 Å². The number of nitrogens with zero attached hydrogens (tertiary/aromatic N) is 6. The number of fused-ring (bicyclic) bond motifs is 2. The molecule has 10 nitrogen and oxygen atoms in total. The van der Waals surface area contributed by atoms with E-state index in [-0.39, 0.29) is 22.9 Å². The van der Waals surface area contributed by atoms with Gasteiger partial charge in [-0.2, -0.15) is 5.10 Å². The molecule has 1 atom stereocenters. The number of benzene rings is 2. The highest BCUT2D eigenvalue weighted by molar-refractivity contribution is 6.04. The molecule has 0 spiro atoms. The van der Waals surface area contributed by atoms with E-state index in [1.54, 1.807) is 21.6 Å². The molecule has 3 N–H and O–H groups in total. The second-order valence-electron chi connectivity index (χ2n) is 11.1. The van der Waals surface area contributed by atoms with Crippen molar-refractivity contribution in [3.8, 4) is 17.5 Å². The molecule has 0 fully saturated rings. The summed E-state index contributed by atoms with van der Waals surface area (Å²) in [5, 5.41) is 12.8. The fourth-order valence-corrected chi connectivity index (χ4v) is 5.25. The van der Waals surface area contributed by atoms with Gasteiger partial charge in [0.05, 0.1) is 28.9 Å². The van der Waals surface area contributed by atoms with Gasteiger partial charge in [0, 0.05) is 35.9 Å². The van der Waals surface area contributed by atoms with Crippen molar-refractivity contribution in [3.05, 3.63) is 117 Å². The fourth-order valence-electron chi connectivity index (χ4n) is 5.25. The molecule has 4 heterocycles. The number of aromatic nitrogens is 6. The number of para-hydroxylation sites is 1. The van der Waals surface area contributed by atoms with Crippen LogP contribution in [-0.4, -0.2) is 34.9 Å². The molecular formula is C34H32N8O2. The maximum atomic E-state index is 14.3. The summed E-state index contributed by atoms with van der Waals surface area (Å²) >= 11 is 0. The third-order valence-electron chi connectivity index (χ3n) is 7.80. The smallest absolute Gasteiger partial charge is 0.264 e. The molecule has 44 heavy (non-hydrogen) atoms. The van der Waals surface area contributed by atoms with E-state index in [2.05, 4.69) is 32.3 Å². The van der Waals surface area contributed by atoms with E-state index in [9.17, 15) is 9.59 Å². The van der Waals surface area contributed by atoms with Crippen LogP contribution in [0.25, 0.3) is 22.1 Å². The highest BCUT2D eigenvalue weighted by Crippen LogP contribution is 2.25. The molecule has 0 radical (unpaired) electrons. The molecule has 0 bridgehead atoms. The zero-order valence-electron chi connectivity index (χ0n) is 25.2. The van der Waals surface area contributed by atoms with Crippen LogP contribution in [0.15, 0.2) is 77.9 Å². The van der Waals surface area contributed by atoms with Gasteiger partial charge in [-0.3, -0.25) is 18.8 Å². The lowest BCUT2D eigenvalue weighted by atomic mass is 10.0. The lowest BCUT2D eigenvalue weighted by Gasteiger charge is -2.21. The number of hydrogen-bond donors (Lipinski definition) is 2. The Kier molecular flexibility index (Phi) is 7.23. The largest absolute Gasteiger partial charge is 0.381 e. The maximum Gasteiger partial charge on any atom is 0.264 e. The average Bonchev–Trinajstić information content (AvgIpc) is 3.52. The molecule has 0 saturated carbocycles. The zero-order chi connectivity index (χ0) is 31.1. The second-order valence-corrected chi connectivity index (χ2v) is 11.1. The van der Waals surface area contributed by atoms with Crippen LogP contribution in [-0.2, 0) is 7.05 Å². The summed E-state index contributed by atoms with van der Waals surface area (Å²) in [5.41, 5.74) is 11.0. The quantitative estimate of drug-likeness (QED) is 0.284. The lowest BCUT2D eigenvalue weighted by Crippen LogP contribution is -2.32. The molecule has 0 aliphatic heterocycles. The molecule has 1 amide bonds. The van der Waals surface area contributed by atoms with Crippen LogP contribution in [0.4, 0.5) is 5.82 Å². The van der Waals surface area contributed by atoms with Crippen molar-refractivity contribution in [2.45, 2.75) is 39.7 Å². The van der Waals surface area contributed by atoms with Crippen LogP contribution in [0.1, 0.15) is 71.3 Å². The Morgan fingerprint density at radius 1 is 1.00 bits per heavy atom. The summed E-state index contributed by atoms with van der Waals surface area (Å²) in [7, 11) is 1.86. The Hall–Kier alpha value is -5.69. The summed E-state index contributed by atoms with van der Waals surface area (Å²) in [6.07, 6.45) is 3.47. The fraction of sp³-hybridized carbons (Fsp3) is 0.206. The van der Waals surface area contributed by atoms with Gasteiger partial charge in [0.15, 0.2) is 11.5 Å². The highest BCUT2D eigenvalue weighted by atomic mass is 16.2.